The highest BCUT2D eigenvalue weighted by Crippen LogP contribution is 2.08. The van der Waals surface area contributed by atoms with Gasteiger partial charge in [-0.2, -0.15) is 37.0 Å². The first-order valence-electron chi connectivity index (χ1n) is 20.5. The fraction of sp³-hybridized carbons (Fsp3) is 0.694. The molecule has 9 amide bonds. The Morgan fingerprint density at radius 1 is 0.576 bits per heavy atom. The van der Waals surface area contributed by atoms with Crippen LogP contribution in [0.2, 0.25) is 0 Å². The molecule has 30 heteroatoms. The van der Waals surface area contributed by atoms with Crippen molar-refractivity contribution in [2.45, 2.75) is 106 Å². The lowest BCUT2D eigenvalue weighted by molar-refractivity contribution is -0.141. The lowest BCUT2D eigenvalue weighted by atomic mass is 10.1. The molecule has 0 fully saturated rings. The molecule has 0 saturated carbocycles. The van der Waals surface area contributed by atoms with Crippen LogP contribution in [0.25, 0.3) is 0 Å². The second kappa shape index (κ2) is 33.3. The molecular weight excluding hydrogens is 933 g/mol. The molecular formula is C36H66N14O13S3. The van der Waals surface area contributed by atoms with E-state index in [0.29, 0.717) is 12.8 Å². The van der Waals surface area contributed by atoms with E-state index in [0.717, 1.165) is 0 Å². The SMILES string of the molecule is CSCC[C@H](NC(=O)[C@H](CC(N)=O)NC(=O)[C@H](CCCCN)NC(=O)[C@@H](N)CS)C(=O)N[C@@H](CCCN=C(N)N)C(=O)N[C@@H](CO)C(=O)N[C@@H](CO)C(=O)N[C@@H](C)C(=O)N[C@@H](CS)C(=O)O. The van der Waals surface area contributed by atoms with Gasteiger partial charge in [-0.25, -0.2) is 4.79 Å². The summed E-state index contributed by atoms with van der Waals surface area (Å²) in [5, 5.41) is 47.7. The molecule has 0 rings (SSSR count). The topological polar surface area (TPSA) is 470 Å². The monoisotopic (exact) mass is 998 g/mol. The van der Waals surface area contributed by atoms with Crippen molar-refractivity contribution in [3.05, 3.63) is 0 Å². The number of unbranched alkanes of at least 4 members (excludes halogenated alkanes) is 1. The van der Waals surface area contributed by atoms with Crippen molar-refractivity contribution in [2.24, 2.45) is 33.7 Å². The summed E-state index contributed by atoms with van der Waals surface area (Å²) in [5.41, 5.74) is 27.5. The number of nitrogens with one attached hydrogen (secondary N) is 8. The molecule has 0 aromatic carbocycles. The lowest BCUT2D eigenvalue weighted by Gasteiger charge is -2.27. The highest BCUT2D eigenvalue weighted by molar-refractivity contribution is 7.98. The number of guanidine groups is 1. The zero-order valence-corrected chi connectivity index (χ0v) is 39.3. The molecule has 0 aliphatic carbocycles. The third kappa shape index (κ3) is 23.9. The molecule has 0 aliphatic heterocycles. The van der Waals surface area contributed by atoms with E-state index in [9.17, 15) is 58.2 Å². The number of thioether (sulfide) groups is 1. The van der Waals surface area contributed by atoms with Crippen LogP contribution >= 0.6 is 37.0 Å². The highest BCUT2D eigenvalue weighted by atomic mass is 32.2. The molecule has 0 aromatic rings. The standard InChI is InChI=1S/C36H66N14O13S3/c1-17(27(54)50-25(16-65)35(62)63)43-33(60)23(13-51)49-34(61)24(14-52)48-30(57)20(7-5-10-42-36(40)41)45-31(58)21(8-11-66-2)46-32(59)22(12-26(39)53)47-29(56)19(6-3-4-9-37)44-28(55)18(38)15-64/h17-25,51-52,64-65H,3-16,37-38H2,1-2H3,(H2,39,53)(H,43,60)(H,44,55)(H,45,58)(H,46,59)(H,47,56)(H,48,57)(H,49,61)(H,50,54)(H,62,63)(H4,40,41,42)/t17-,18-,19-,20-,21-,22-,23-,24-,25-/m0/s1. The summed E-state index contributed by atoms with van der Waals surface area (Å²) in [6.07, 6.45) is 1.73. The minimum absolute atomic E-state index is 0.0311. The summed E-state index contributed by atoms with van der Waals surface area (Å²) in [4.78, 5) is 133. The average Bonchev–Trinajstić information content (AvgIpc) is 3.26. The first kappa shape index (κ1) is 60.9. The molecule has 0 aliphatic rings. The summed E-state index contributed by atoms with van der Waals surface area (Å²) < 4.78 is 0. The number of carboxylic acid groups (broad SMARTS) is 1. The Morgan fingerprint density at radius 3 is 1.44 bits per heavy atom. The summed E-state index contributed by atoms with van der Waals surface area (Å²) >= 11 is 9.12. The van der Waals surface area contributed by atoms with Gasteiger partial charge in [-0.3, -0.25) is 48.1 Å². The smallest absolute Gasteiger partial charge is 0.327 e. The van der Waals surface area contributed by atoms with Gasteiger partial charge in [0.1, 0.15) is 48.3 Å². The molecule has 0 radical (unpaired) electrons. The van der Waals surface area contributed by atoms with E-state index in [1.54, 1.807) is 6.26 Å². The van der Waals surface area contributed by atoms with Crippen LogP contribution in [0.1, 0.15) is 51.9 Å². The Labute approximate surface area is 396 Å². The molecule has 9 atom stereocenters. The minimum atomic E-state index is -1.80. The van der Waals surface area contributed by atoms with Crippen molar-refractivity contribution in [3.63, 3.8) is 0 Å². The van der Waals surface area contributed by atoms with E-state index in [1.165, 1.54) is 18.7 Å². The minimum Gasteiger partial charge on any atom is -0.480 e. The number of aliphatic hydroxyl groups is 2. The molecule has 0 unspecified atom stereocenters. The van der Waals surface area contributed by atoms with Gasteiger partial charge in [-0.05, 0) is 64.0 Å². The van der Waals surface area contributed by atoms with Crippen molar-refractivity contribution in [1.82, 2.24) is 42.5 Å². The Bertz CT molecular complexity index is 1680. The number of nitrogens with zero attached hydrogens (tertiary/aromatic N) is 1. The van der Waals surface area contributed by atoms with Crippen LogP contribution in [0.4, 0.5) is 0 Å². The predicted octanol–water partition coefficient (Wildman–Crippen LogP) is -8.05. The van der Waals surface area contributed by atoms with Crippen LogP contribution in [-0.4, -0.2) is 185 Å². The highest BCUT2D eigenvalue weighted by Gasteiger charge is 2.34. The molecule has 0 spiro atoms. The maximum absolute atomic E-state index is 13.9. The number of rotatable bonds is 34. The van der Waals surface area contributed by atoms with Crippen molar-refractivity contribution in [3.8, 4) is 0 Å². The fourth-order valence-electron chi connectivity index (χ4n) is 5.42. The van der Waals surface area contributed by atoms with Gasteiger partial charge in [0.05, 0.1) is 25.7 Å². The predicted molar refractivity (Wildman–Crippen MR) is 248 cm³/mol. The van der Waals surface area contributed by atoms with Crippen LogP contribution in [0, 0.1) is 0 Å². The number of aliphatic imine (C=N–C) groups is 1. The van der Waals surface area contributed by atoms with Crippen LogP contribution in [0.3, 0.4) is 0 Å². The van der Waals surface area contributed by atoms with E-state index in [4.69, 9.17) is 33.8 Å². The van der Waals surface area contributed by atoms with Gasteiger partial charge in [0.2, 0.25) is 53.2 Å². The van der Waals surface area contributed by atoms with Gasteiger partial charge < -0.3 is 86.5 Å². The van der Waals surface area contributed by atoms with Crippen LogP contribution in [-0.2, 0) is 47.9 Å². The third-order valence-electron chi connectivity index (χ3n) is 9.15. The van der Waals surface area contributed by atoms with E-state index in [-0.39, 0.29) is 62.0 Å². The first-order valence-corrected chi connectivity index (χ1v) is 23.1. The van der Waals surface area contributed by atoms with Gasteiger partial charge in [0.25, 0.3) is 0 Å². The maximum atomic E-state index is 13.9. The summed E-state index contributed by atoms with van der Waals surface area (Å²) in [6.45, 7) is -0.643. The molecule has 27 nitrogen and oxygen atoms in total. The summed E-state index contributed by atoms with van der Waals surface area (Å²) in [6, 6.07) is -13.1. The van der Waals surface area contributed by atoms with Gasteiger partial charge in [0, 0.05) is 18.1 Å². The number of nitrogens with two attached hydrogens (primary N) is 5. The number of hydrogen-bond donors (Lipinski definition) is 18. The number of primary amides is 1. The van der Waals surface area contributed by atoms with Crippen molar-refractivity contribution < 1.29 is 63.3 Å². The van der Waals surface area contributed by atoms with Gasteiger partial charge >= 0.3 is 5.97 Å². The fourth-order valence-corrected chi connectivity index (χ4v) is 6.31. The van der Waals surface area contributed by atoms with Gasteiger partial charge in [-0.1, -0.05) is 0 Å². The Morgan fingerprint density at radius 2 is 1.00 bits per heavy atom. The van der Waals surface area contributed by atoms with Crippen LogP contribution in [0.5, 0.6) is 0 Å². The quantitative estimate of drug-likeness (QED) is 0.0123. The summed E-state index contributed by atoms with van der Waals surface area (Å²) in [5.74, 6) is -10.6. The number of aliphatic hydroxyl groups excluding tert-OH is 2. The van der Waals surface area contributed by atoms with E-state index >= 15 is 0 Å². The lowest BCUT2D eigenvalue weighted by Crippen LogP contribution is -2.61. The molecule has 0 aromatic heterocycles. The molecule has 21 N–H and O–H groups in total. The van der Waals surface area contributed by atoms with E-state index in [1.807, 2.05) is 0 Å². The normalized spacial score (nSPS) is 15.0. The molecule has 0 saturated heterocycles. The number of aliphatic carboxylic acids is 1. The van der Waals surface area contributed by atoms with Crippen LogP contribution < -0.4 is 71.2 Å². The number of thiol groups is 2. The Kier molecular flexibility index (Phi) is 30.8. The first-order chi connectivity index (χ1) is 31.1. The second-order valence-corrected chi connectivity index (χ2v) is 16.2. The molecule has 66 heavy (non-hydrogen) atoms. The summed E-state index contributed by atoms with van der Waals surface area (Å²) in [7, 11) is 0. The zero-order chi connectivity index (χ0) is 50.5. The molecule has 0 bridgehead atoms. The number of carbonyl (C=O) groups excluding carboxylic acids is 9. The van der Waals surface area contributed by atoms with Crippen molar-refractivity contribution in [1.29, 1.82) is 0 Å². The Balaban J connectivity index is 6.36. The average molecular weight is 999 g/mol. The number of carboxylic acids is 1. The maximum Gasteiger partial charge on any atom is 0.327 e. The van der Waals surface area contributed by atoms with E-state index < -0.39 is 133 Å². The zero-order valence-electron chi connectivity index (χ0n) is 36.7. The number of hydrogen-bond acceptors (Lipinski definition) is 18. The van der Waals surface area contributed by atoms with Gasteiger partial charge in [-0.15, -0.1) is 0 Å². The number of amides is 9. The third-order valence-corrected chi connectivity index (χ3v) is 10.6. The van der Waals surface area contributed by atoms with Gasteiger partial charge in [0.15, 0.2) is 5.96 Å². The van der Waals surface area contributed by atoms with Crippen molar-refractivity contribution >= 4 is 102 Å². The molecule has 0 heterocycles. The Hall–Kier alpha value is -5.14. The van der Waals surface area contributed by atoms with E-state index in [2.05, 4.69) is 72.8 Å². The van der Waals surface area contributed by atoms with Crippen LogP contribution in [0.15, 0.2) is 4.99 Å². The second-order valence-electron chi connectivity index (χ2n) is 14.5. The molecule has 376 valence electrons. The van der Waals surface area contributed by atoms with Crippen molar-refractivity contribution in [2.75, 3.05) is 49.8 Å². The number of carbonyl (C=O) groups is 10. The largest absolute Gasteiger partial charge is 0.480 e.